The molecule has 2 rings (SSSR count). The highest BCUT2D eigenvalue weighted by molar-refractivity contribution is 4.95. The van der Waals surface area contributed by atoms with Crippen LogP contribution >= 0.6 is 0 Å². The molecule has 1 aromatic heterocycles. The van der Waals surface area contributed by atoms with Gasteiger partial charge in [-0.2, -0.15) is 9.79 Å². The summed E-state index contributed by atoms with van der Waals surface area (Å²) < 4.78 is 0.750. The van der Waals surface area contributed by atoms with Gasteiger partial charge in [0.1, 0.15) is 0 Å². The topological polar surface area (TPSA) is 62.4 Å². The molecule has 2 N–H and O–H groups in total. The maximum absolute atomic E-state index is 10.2. The van der Waals surface area contributed by atoms with E-state index in [0.29, 0.717) is 13.1 Å². The van der Waals surface area contributed by atoms with Crippen LogP contribution in [-0.4, -0.2) is 34.4 Å². The van der Waals surface area contributed by atoms with E-state index in [0.717, 1.165) is 4.73 Å². The third kappa shape index (κ3) is 5.44. The van der Waals surface area contributed by atoms with E-state index >= 15 is 0 Å². The molecule has 0 amide bonds. The van der Waals surface area contributed by atoms with E-state index < -0.39 is 0 Å². The zero-order valence-electron chi connectivity index (χ0n) is 11.6. The molecule has 1 aliphatic heterocycles. The Morgan fingerprint density at radius 1 is 1.06 bits per heavy atom. The molecule has 2 heterocycles. The van der Waals surface area contributed by atoms with Crippen LogP contribution in [-0.2, 0) is 0 Å². The molecule has 0 saturated carbocycles. The van der Waals surface area contributed by atoms with E-state index in [4.69, 9.17) is 0 Å². The first-order valence-corrected chi connectivity index (χ1v) is 6.07. The second-order valence-electron chi connectivity index (χ2n) is 5.95. The Balaban J connectivity index is 0.000000199. The van der Waals surface area contributed by atoms with Crippen molar-refractivity contribution in [3.63, 3.8) is 0 Å². The van der Waals surface area contributed by atoms with Crippen LogP contribution in [0.15, 0.2) is 30.6 Å². The van der Waals surface area contributed by atoms with Crippen molar-refractivity contribution in [2.45, 2.75) is 38.8 Å². The lowest BCUT2D eigenvalue weighted by Gasteiger charge is -2.45. The van der Waals surface area contributed by atoms with Gasteiger partial charge in [-0.25, -0.2) is 0 Å². The fourth-order valence-electron chi connectivity index (χ4n) is 2.35. The van der Waals surface area contributed by atoms with Gasteiger partial charge in [0, 0.05) is 36.3 Å². The first-order valence-electron chi connectivity index (χ1n) is 6.07. The van der Waals surface area contributed by atoms with Crippen LogP contribution in [0.4, 0.5) is 0 Å². The molecule has 1 saturated heterocycles. The van der Waals surface area contributed by atoms with Gasteiger partial charge in [0.25, 0.3) is 0 Å². The Hall–Kier alpha value is -1.17. The van der Waals surface area contributed by atoms with E-state index in [1.165, 1.54) is 17.5 Å². The lowest BCUT2D eigenvalue weighted by Crippen LogP contribution is -2.65. The van der Waals surface area contributed by atoms with Crippen LogP contribution in [0, 0.1) is 5.21 Å². The molecule has 0 radical (unpaired) electrons. The fraction of sp³-hybridized carbons (Fsp3) is 0.615. The average Bonchev–Trinajstić information content (AvgIpc) is 2.13. The number of pyridine rings is 1. The summed E-state index contributed by atoms with van der Waals surface area (Å²) in [5, 5.41) is 24.4. The average molecular weight is 253 g/mol. The van der Waals surface area contributed by atoms with Crippen LogP contribution in [0.3, 0.4) is 0 Å². The Labute approximate surface area is 109 Å². The molecule has 18 heavy (non-hydrogen) atoms. The smallest absolute Gasteiger partial charge is 0.180 e. The largest absolute Gasteiger partial charge is 0.619 e. The van der Waals surface area contributed by atoms with E-state index in [-0.39, 0.29) is 11.1 Å². The first kappa shape index (κ1) is 14.9. The van der Waals surface area contributed by atoms with Crippen molar-refractivity contribution in [3.05, 3.63) is 35.8 Å². The van der Waals surface area contributed by atoms with Crippen LogP contribution in [0.5, 0.6) is 0 Å². The van der Waals surface area contributed by atoms with E-state index in [1.807, 2.05) is 0 Å². The van der Waals surface area contributed by atoms with Crippen molar-refractivity contribution in [2.24, 2.45) is 0 Å². The molecule has 0 aliphatic carbocycles. The third-order valence-corrected chi connectivity index (χ3v) is 2.52. The highest BCUT2D eigenvalue weighted by Crippen LogP contribution is 2.18. The second-order valence-corrected chi connectivity index (χ2v) is 5.95. The molecule has 1 aromatic rings. The molecule has 0 atom stereocenters. The lowest BCUT2D eigenvalue weighted by molar-refractivity contribution is -0.605. The van der Waals surface area contributed by atoms with Crippen molar-refractivity contribution in [1.29, 1.82) is 0 Å². The minimum atomic E-state index is 0.0104. The Morgan fingerprint density at radius 2 is 1.50 bits per heavy atom. The zero-order chi connectivity index (χ0) is 13.8. The number of aromatic nitrogens is 1. The van der Waals surface area contributed by atoms with Crippen molar-refractivity contribution < 1.29 is 9.94 Å². The van der Waals surface area contributed by atoms with E-state index in [1.54, 1.807) is 18.2 Å². The van der Waals surface area contributed by atoms with Crippen LogP contribution in [0.1, 0.15) is 27.7 Å². The number of nitrogens with zero attached hydrogens (tertiary/aromatic N) is 2. The van der Waals surface area contributed by atoms with Gasteiger partial charge in [-0.1, -0.05) is 6.07 Å². The molecule has 1 fully saturated rings. The Kier molecular flexibility index (Phi) is 4.67. The molecule has 1 aliphatic rings. The number of nitrogens with one attached hydrogen (secondary N) is 1. The number of piperazine rings is 1. The van der Waals surface area contributed by atoms with Gasteiger partial charge in [0.15, 0.2) is 12.4 Å². The van der Waals surface area contributed by atoms with Crippen LogP contribution in [0.2, 0.25) is 0 Å². The summed E-state index contributed by atoms with van der Waals surface area (Å²) in [5.41, 5.74) is 0.0208. The van der Waals surface area contributed by atoms with Crippen LogP contribution < -0.4 is 10.0 Å². The van der Waals surface area contributed by atoms with Gasteiger partial charge in [0.2, 0.25) is 0 Å². The summed E-state index contributed by atoms with van der Waals surface area (Å²) in [5.74, 6) is 0. The SMILES string of the molecule is CC1(C)CN(O)CC(C)(C)N1.[O-][n+]1ccccc1. The molecule has 0 spiro atoms. The summed E-state index contributed by atoms with van der Waals surface area (Å²) in [7, 11) is 0. The summed E-state index contributed by atoms with van der Waals surface area (Å²) >= 11 is 0. The molecule has 0 aromatic carbocycles. The number of rotatable bonds is 0. The van der Waals surface area contributed by atoms with Gasteiger partial charge in [0.05, 0.1) is 0 Å². The maximum atomic E-state index is 10.2. The zero-order valence-corrected chi connectivity index (χ0v) is 11.6. The highest BCUT2D eigenvalue weighted by Gasteiger charge is 2.35. The molecular weight excluding hydrogens is 230 g/mol. The number of hydrogen-bond donors (Lipinski definition) is 2. The minimum absolute atomic E-state index is 0.0104. The molecule has 5 nitrogen and oxygen atoms in total. The molecule has 5 heteroatoms. The van der Waals surface area contributed by atoms with E-state index in [9.17, 15) is 10.4 Å². The second kappa shape index (κ2) is 5.65. The van der Waals surface area contributed by atoms with Crippen molar-refractivity contribution >= 4 is 0 Å². The van der Waals surface area contributed by atoms with Gasteiger partial charge < -0.3 is 15.7 Å². The lowest BCUT2D eigenvalue weighted by atomic mass is 9.93. The fourth-order valence-corrected chi connectivity index (χ4v) is 2.35. The normalized spacial score (nSPS) is 21.8. The number of hydrogen-bond acceptors (Lipinski definition) is 4. The maximum Gasteiger partial charge on any atom is 0.180 e. The molecule has 0 bridgehead atoms. The molecular formula is C13H23N3O2. The van der Waals surface area contributed by atoms with Crippen molar-refractivity contribution in [3.8, 4) is 0 Å². The highest BCUT2D eigenvalue weighted by atomic mass is 16.5. The summed E-state index contributed by atoms with van der Waals surface area (Å²) in [6, 6.07) is 5.18. The van der Waals surface area contributed by atoms with Gasteiger partial charge in [-0.15, -0.1) is 0 Å². The van der Waals surface area contributed by atoms with Gasteiger partial charge in [-0.3, -0.25) is 0 Å². The predicted octanol–water partition coefficient (Wildman–Crippen LogP) is 1.16. The standard InChI is InChI=1S/C8H18N2O.C5H5NO/c1-7(2)5-10(11)6-8(3,4)9-7;7-6-4-2-1-3-5-6/h9,11H,5-6H2,1-4H3;1-5H. The van der Waals surface area contributed by atoms with Crippen LogP contribution in [0.25, 0.3) is 0 Å². The monoisotopic (exact) mass is 253 g/mol. The molecule has 102 valence electrons. The Bertz CT molecular complexity index is 350. The summed E-state index contributed by atoms with van der Waals surface area (Å²) in [4.78, 5) is 0. The van der Waals surface area contributed by atoms with E-state index in [2.05, 4.69) is 33.0 Å². The number of hydroxylamine groups is 2. The van der Waals surface area contributed by atoms with Gasteiger partial charge >= 0.3 is 0 Å². The van der Waals surface area contributed by atoms with Crippen molar-refractivity contribution in [1.82, 2.24) is 10.4 Å². The predicted molar refractivity (Wildman–Crippen MR) is 70.1 cm³/mol. The minimum Gasteiger partial charge on any atom is -0.619 e. The first-order chi connectivity index (χ1) is 8.20. The summed E-state index contributed by atoms with van der Waals surface area (Å²) in [6.45, 7) is 9.76. The quantitative estimate of drug-likeness (QED) is 0.538. The summed E-state index contributed by atoms with van der Waals surface area (Å²) in [6.07, 6.45) is 2.89. The van der Waals surface area contributed by atoms with Gasteiger partial charge in [-0.05, 0) is 27.7 Å². The van der Waals surface area contributed by atoms with Crippen molar-refractivity contribution in [2.75, 3.05) is 13.1 Å². The third-order valence-electron chi connectivity index (χ3n) is 2.52. The Morgan fingerprint density at radius 3 is 1.78 bits per heavy atom. The molecule has 0 unspecified atom stereocenters.